The second kappa shape index (κ2) is 4.77. The van der Waals surface area contributed by atoms with Crippen LogP contribution in [0.1, 0.15) is 11.3 Å². The molecule has 3 aromatic rings. The first-order chi connectivity index (χ1) is 9.25. The molecular formula is C18H17N. The van der Waals surface area contributed by atoms with Crippen molar-refractivity contribution in [2.24, 2.45) is 0 Å². The molecule has 0 saturated heterocycles. The van der Waals surface area contributed by atoms with Crippen LogP contribution in [0.3, 0.4) is 0 Å². The summed E-state index contributed by atoms with van der Waals surface area (Å²) in [6.07, 6.45) is 0. The molecule has 3 rings (SSSR count). The second-order valence-electron chi connectivity index (χ2n) is 4.90. The lowest BCUT2D eigenvalue weighted by Gasteiger charge is -2.12. The Bertz CT molecular complexity index is 675. The summed E-state index contributed by atoms with van der Waals surface area (Å²) in [4.78, 5) is 0. The quantitative estimate of drug-likeness (QED) is 0.615. The topological polar surface area (TPSA) is 4.93 Å². The van der Waals surface area contributed by atoms with Crippen molar-refractivity contribution < 1.29 is 0 Å². The highest BCUT2D eigenvalue weighted by Crippen LogP contribution is 2.26. The van der Waals surface area contributed by atoms with Gasteiger partial charge in [0.1, 0.15) is 0 Å². The van der Waals surface area contributed by atoms with E-state index >= 15 is 0 Å². The summed E-state index contributed by atoms with van der Waals surface area (Å²) in [7, 11) is 0. The van der Waals surface area contributed by atoms with Gasteiger partial charge in [-0.25, -0.2) is 0 Å². The second-order valence-corrected chi connectivity index (χ2v) is 4.90. The highest BCUT2D eigenvalue weighted by molar-refractivity contribution is 5.64. The standard InChI is InChI=1S/C18H17N/c1-14-8-11-16(12-9-14)18-13-10-15(2)19(18)17-6-4-3-5-7-17/h3-13H,1-2H3. The van der Waals surface area contributed by atoms with Crippen LogP contribution in [0.2, 0.25) is 0 Å². The highest BCUT2D eigenvalue weighted by Gasteiger charge is 2.08. The molecule has 0 bridgehead atoms. The van der Waals surface area contributed by atoms with E-state index in [1.165, 1.54) is 28.2 Å². The number of rotatable bonds is 2. The molecule has 1 nitrogen and oxygen atoms in total. The maximum absolute atomic E-state index is 2.30. The van der Waals surface area contributed by atoms with Gasteiger partial charge in [-0.2, -0.15) is 0 Å². The third-order valence-electron chi connectivity index (χ3n) is 3.44. The SMILES string of the molecule is Cc1ccc(-c2ccc(C)n2-c2ccccc2)cc1. The molecule has 0 spiro atoms. The molecule has 1 heterocycles. The Morgan fingerprint density at radius 2 is 1.37 bits per heavy atom. The molecule has 1 heteroatoms. The molecule has 0 N–H and O–H groups in total. The van der Waals surface area contributed by atoms with Crippen molar-refractivity contribution in [3.63, 3.8) is 0 Å². The molecule has 0 amide bonds. The molecule has 0 aliphatic heterocycles. The molecule has 0 fully saturated rings. The molecule has 0 saturated carbocycles. The first kappa shape index (κ1) is 11.8. The van der Waals surface area contributed by atoms with Crippen molar-refractivity contribution in [3.8, 4) is 16.9 Å². The Morgan fingerprint density at radius 3 is 2.05 bits per heavy atom. The van der Waals surface area contributed by atoms with E-state index in [0.717, 1.165) is 0 Å². The van der Waals surface area contributed by atoms with Gasteiger partial charge in [0, 0.05) is 11.4 Å². The predicted octanol–water partition coefficient (Wildman–Crippen LogP) is 4.76. The fourth-order valence-electron chi connectivity index (χ4n) is 2.41. The summed E-state index contributed by atoms with van der Waals surface area (Å²) < 4.78 is 2.30. The lowest BCUT2D eigenvalue weighted by molar-refractivity contribution is 1.02. The zero-order valence-corrected chi connectivity index (χ0v) is 11.3. The molecule has 19 heavy (non-hydrogen) atoms. The van der Waals surface area contributed by atoms with Crippen LogP contribution in [0.5, 0.6) is 0 Å². The number of hydrogen-bond acceptors (Lipinski definition) is 0. The molecule has 1 aromatic heterocycles. The van der Waals surface area contributed by atoms with Gasteiger partial charge >= 0.3 is 0 Å². The highest BCUT2D eigenvalue weighted by atomic mass is 15.0. The van der Waals surface area contributed by atoms with Gasteiger partial charge in [0.25, 0.3) is 0 Å². The predicted molar refractivity (Wildman–Crippen MR) is 80.7 cm³/mol. The van der Waals surface area contributed by atoms with Gasteiger partial charge in [0.15, 0.2) is 0 Å². The Labute approximate surface area is 114 Å². The smallest absolute Gasteiger partial charge is 0.0531 e. The summed E-state index contributed by atoms with van der Waals surface area (Å²) in [5.74, 6) is 0. The molecule has 0 aliphatic rings. The van der Waals surface area contributed by atoms with Crippen LogP contribution < -0.4 is 0 Å². The minimum Gasteiger partial charge on any atom is -0.314 e. The fourth-order valence-corrected chi connectivity index (χ4v) is 2.41. The first-order valence-corrected chi connectivity index (χ1v) is 6.56. The summed E-state index contributed by atoms with van der Waals surface area (Å²) >= 11 is 0. The Hall–Kier alpha value is -2.28. The van der Waals surface area contributed by atoms with Gasteiger partial charge in [-0.1, -0.05) is 48.0 Å². The molecular weight excluding hydrogens is 230 g/mol. The van der Waals surface area contributed by atoms with Crippen LogP contribution in [-0.2, 0) is 0 Å². The number of benzene rings is 2. The number of hydrogen-bond donors (Lipinski definition) is 0. The number of para-hydroxylation sites is 1. The molecule has 2 aromatic carbocycles. The zero-order chi connectivity index (χ0) is 13.2. The van der Waals surface area contributed by atoms with E-state index in [-0.39, 0.29) is 0 Å². The summed E-state index contributed by atoms with van der Waals surface area (Å²) in [6.45, 7) is 4.26. The van der Waals surface area contributed by atoms with Crippen molar-refractivity contribution in [1.29, 1.82) is 0 Å². The minimum atomic E-state index is 1.21. The van der Waals surface area contributed by atoms with Crippen LogP contribution in [0.4, 0.5) is 0 Å². The van der Waals surface area contributed by atoms with Crippen LogP contribution >= 0.6 is 0 Å². The molecule has 94 valence electrons. The van der Waals surface area contributed by atoms with Gasteiger partial charge < -0.3 is 4.57 Å². The van der Waals surface area contributed by atoms with Gasteiger partial charge in [-0.05, 0) is 43.7 Å². The van der Waals surface area contributed by atoms with Crippen LogP contribution in [-0.4, -0.2) is 4.57 Å². The van der Waals surface area contributed by atoms with Crippen LogP contribution in [0.25, 0.3) is 16.9 Å². The van der Waals surface area contributed by atoms with Gasteiger partial charge in [0.05, 0.1) is 5.69 Å². The summed E-state index contributed by atoms with van der Waals surface area (Å²) in [5.41, 5.74) is 6.24. The van der Waals surface area contributed by atoms with Crippen LogP contribution in [0.15, 0.2) is 66.7 Å². The van der Waals surface area contributed by atoms with E-state index in [1.807, 2.05) is 6.07 Å². The van der Waals surface area contributed by atoms with Crippen molar-refractivity contribution in [2.45, 2.75) is 13.8 Å². The maximum atomic E-state index is 2.30. The van der Waals surface area contributed by atoms with Gasteiger partial charge in [-0.15, -0.1) is 0 Å². The van der Waals surface area contributed by atoms with Crippen molar-refractivity contribution in [1.82, 2.24) is 4.57 Å². The average molecular weight is 247 g/mol. The lowest BCUT2D eigenvalue weighted by atomic mass is 10.1. The maximum Gasteiger partial charge on any atom is 0.0531 e. The molecule has 0 aliphatic carbocycles. The van der Waals surface area contributed by atoms with E-state index in [0.29, 0.717) is 0 Å². The van der Waals surface area contributed by atoms with Crippen molar-refractivity contribution in [3.05, 3.63) is 78.0 Å². The van der Waals surface area contributed by atoms with Gasteiger partial charge in [0.2, 0.25) is 0 Å². The average Bonchev–Trinajstić information content (AvgIpc) is 2.82. The van der Waals surface area contributed by atoms with E-state index < -0.39 is 0 Å². The van der Waals surface area contributed by atoms with Crippen molar-refractivity contribution >= 4 is 0 Å². The van der Waals surface area contributed by atoms with E-state index in [9.17, 15) is 0 Å². The van der Waals surface area contributed by atoms with Crippen molar-refractivity contribution in [2.75, 3.05) is 0 Å². The largest absolute Gasteiger partial charge is 0.314 e. The minimum absolute atomic E-state index is 1.21. The third-order valence-corrected chi connectivity index (χ3v) is 3.44. The lowest BCUT2D eigenvalue weighted by Crippen LogP contribution is -1.98. The molecule has 0 unspecified atom stereocenters. The number of aromatic nitrogens is 1. The first-order valence-electron chi connectivity index (χ1n) is 6.56. The fraction of sp³-hybridized carbons (Fsp3) is 0.111. The third kappa shape index (κ3) is 2.19. The Morgan fingerprint density at radius 1 is 0.684 bits per heavy atom. The Balaban J connectivity index is 2.16. The van der Waals surface area contributed by atoms with Gasteiger partial charge in [-0.3, -0.25) is 0 Å². The number of nitrogens with zero attached hydrogens (tertiary/aromatic N) is 1. The monoisotopic (exact) mass is 247 g/mol. The van der Waals surface area contributed by atoms with Crippen LogP contribution in [0, 0.1) is 13.8 Å². The van der Waals surface area contributed by atoms with E-state index in [2.05, 4.69) is 79.1 Å². The van der Waals surface area contributed by atoms with E-state index in [1.54, 1.807) is 0 Å². The zero-order valence-electron chi connectivity index (χ0n) is 11.3. The molecule has 0 radical (unpaired) electrons. The Kier molecular flexibility index (Phi) is 2.96. The number of aryl methyl sites for hydroxylation is 2. The molecule has 0 atom stereocenters. The normalized spacial score (nSPS) is 10.6. The van der Waals surface area contributed by atoms with E-state index in [4.69, 9.17) is 0 Å². The summed E-state index contributed by atoms with van der Waals surface area (Å²) in [6, 6.07) is 23.5. The summed E-state index contributed by atoms with van der Waals surface area (Å²) in [5, 5.41) is 0.